The Hall–Kier alpha value is -1.13. The summed E-state index contributed by atoms with van der Waals surface area (Å²) in [5.74, 6) is 0.644. The lowest BCUT2D eigenvalue weighted by Crippen LogP contribution is -2.23. The van der Waals surface area contributed by atoms with Gasteiger partial charge in [-0.2, -0.15) is 0 Å². The molecule has 0 saturated carbocycles. The Balaban J connectivity index is 2.23. The molecule has 1 heterocycles. The summed E-state index contributed by atoms with van der Waals surface area (Å²) in [6.45, 7) is 2.78. The molecule has 4 heteroatoms. The van der Waals surface area contributed by atoms with E-state index in [9.17, 15) is 4.39 Å². The van der Waals surface area contributed by atoms with E-state index in [4.69, 9.17) is 4.42 Å². The minimum atomic E-state index is -0.207. The maximum Gasteiger partial charge on any atom is 0.129 e. The van der Waals surface area contributed by atoms with E-state index >= 15 is 0 Å². The highest BCUT2D eigenvalue weighted by Gasteiger charge is 2.16. The highest BCUT2D eigenvalue weighted by molar-refractivity contribution is 9.10. The summed E-state index contributed by atoms with van der Waals surface area (Å²) < 4.78 is 20.0. The first-order valence-electron chi connectivity index (χ1n) is 5.91. The summed E-state index contributed by atoms with van der Waals surface area (Å²) in [4.78, 5) is 0. The zero-order valence-corrected chi connectivity index (χ0v) is 11.7. The number of rotatable bonds is 5. The van der Waals surface area contributed by atoms with Crippen molar-refractivity contribution in [3.05, 3.63) is 58.2 Å². The molecule has 0 fully saturated rings. The first-order valence-corrected chi connectivity index (χ1v) is 6.70. The number of hydrogen-bond acceptors (Lipinski definition) is 2. The van der Waals surface area contributed by atoms with Crippen molar-refractivity contribution in [3.8, 4) is 0 Å². The van der Waals surface area contributed by atoms with Gasteiger partial charge in [-0.25, -0.2) is 4.39 Å². The fraction of sp³-hybridized carbons (Fsp3) is 0.286. The van der Waals surface area contributed by atoms with Crippen LogP contribution >= 0.6 is 15.9 Å². The van der Waals surface area contributed by atoms with E-state index in [1.807, 2.05) is 25.1 Å². The number of nitrogens with one attached hydrogen (secondary N) is 1. The molecule has 2 rings (SSSR count). The monoisotopic (exact) mass is 311 g/mol. The molecule has 1 aromatic carbocycles. The Kier molecular flexibility index (Phi) is 4.55. The van der Waals surface area contributed by atoms with Crippen LogP contribution < -0.4 is 5.32 Å². The molecule has 0 aliphatic carbocycles. The summed E-state index contributed by atoms with van der Waals surface area (Å²) in [5, 5.41) is 3.28. The van der Waals surface area contributed by atoms with Crippen molar-refractivity contribution in [1.29, 1.82) is 0 Å². The highest BCUT2D eigenvalue weighted by Crippen LogP contribution is 2.24. The lowest BCUT2D eigenvalue weighted by molar-refractivity contribution is 0.444. The van der Waals surface area contributed by atoms with Crippen LogP contribution in [0.2, 0.25) is 0 Å². The molecule has 18 heavy (non-hydrogen) atoms. The van der Waals surface area contributed by atoms with E-state index in [1.165, 1.54) is 6.07 Å². The first-order chi connectivity index (χ1) is 8.70. The number of likely N-dealkylation sites (N-methyl/N-ethyl adjacent to an activating group) is 1. The van der Waals surface area contributed by atoms with Crippen molar-refractivity contribution in [1.82, 2.24) is 5.32 Å². The topological polar surface area (TPSA) is 25.2 Å². The SMILES string of the molecule is CCNC(Cc1ccco1)c1ccc(Br)cc1F. The van der Waals surface area contributed by atoms with E-state index in [2.05, 4.69) is 21.2 Å². The van der Waals surface area contributed by atoms with Crippen LogP contribution in [-0.2, 0) is 6.42 Å². The molecular formula is C14H15BrFNO. The van der Waals surface area contributed by atoms with Gasteiger partial charge in [-0.1, -0.05) is 28.9 Å². The third-order valence-electron chi connectivity index (χ3n) is 2.77. The first kappa shape index (κ1) is 13.3. The number of benzene rings is 1. The van der Waals surface area contributed by atoms with Crippen molar-refractivity contribution < 1.29 is 8.81 Å². The predicted molar refractivity (Wildman–Crippen MR) is 72.9 cm³/mol. The van der Waals surface area contributed by atoms with E-state index < -0.39 is 0 Å². The predicted octanol–water partition coefficient (Wildman–Crippen LogP) is 4.07. The lowest BCUT2D eigenvalue weighted by atomic mass is 10.0. The zero-order valence-electron chi connectivity index (χ0n) is 10.1. The van der Waals surface area contributed by atoms with Crippen LogP contribution in [0.1, 0.15) is 24.3 Å². The molecule has 1 aromatic heterocycles. The van der Waals surface area contributed by atoms with E-state index in [-0.39, 0.29) is 11.9 Å². The third kappa shape index (κ3) is 3.21. The molecule has 0 amide bonds. The number of furan rings is 1. The zero-order chi connectivity index (χ0) is 13.0. The molecule has 2 aromatic rings. The Morgan fingerprint density at radius 1 is 1.39 bits per heavy atom. The molecule has 1 atom stereocenters. The Morgan fingerprint density at radius 3 is 2.83 bits per heavy atom. The summed E-state index contributed by atoms with van der Waals surface area (Å²) in [5.41, 5.74) is 0.663. The normalized spacial score (nSPS) is 12.6. The average molecular weight is 312 g/mol. The van der Waals surface area contributed by atoms with Crippen LogP contribution in [0.5, 0.6) is 0 Å². The molecule has 1 N–H and O–H groups in total. The summed E-state index contributed by atoms with van der Waals surface area (Å²) in [6, 6.07) is 8.81. The second kappa shape index (κ2) is 6.16. The second-order valence-corrected chi connectivity index (χ2v) is 4.98. The van der Waals surface area contributed by atoms with Gasteiger partial charge in [-0.3, -0.25) is 0 Å². The summed E-state index contributed by atoms with van der Waals surface area (Å²) in [7, 11) is 0. The molecule has 0 spiro atoms. The molecule has 0 bridgehead atoms. The molecular weight excluding hydrogens is 297 g/mol. The van der Waals surface area contributed by atoms with E-state index in [1.54, 1.807) is 12.3 Å². The fourth-order valence-electron chi connectivity index (χ4n) is 1.95. The smallest absolute Gasteiger partial charge is 0.129 e. The van der Waals surface area contributed by atoms with Crippen molar-refractivity contribution in [2.24, 2.45) is 0 Å². The van der Waals surface area contributed by atoms with Gasteiger partial charge < -0.3 is 9.73 Å². The third-order valence-corrected chi connectivity index (χ3v) is 3.27. The van der Waals surface area contributed by atoms with Gasteiger partial charge in [0.2, 0.25) is 0 Å². The van der Waals surface area contributed by atoms with Crippen molar-refractivity contribution in [2.45, 2.75) is 19.4 Å². The average Bonchev–Trinajstić information content (AvgIpc) is 2.81. The van der Waals surface area contributed by atoms with E-state index in [0.717, 1.165) is 16.8 Å². The van der Waals surface area contributed by atoms with Gasteiger partial charge >= 0.3 is 0 Å². The highest BCUT2D eigenvalue weighted by atomic mass is 79.9. The van der Waals surface area contributed by atoms with Crippen LogP contribution in [0.3, 0.4) is 0 Å². The van der Waals surface area contributed by atoms with Crippen LogP contribution in [0.15, 0.2) is 45.5 Å². The second-order valence-electron chi connectivity index (χ2n) is 4.06. The maximum atomic E-state index is 14.0. The van der Waals surface area contributed by atoms with Gasteiger partial charge in [0.1, 0.15) is 11.6 Å². The minimum absolute atomic E-state index is 0.0748. The summed E-state index contributed by atoms with van der Waals surface area (Å²) in [6.07, 6.45) is 2.27. The molecule has 96 valence electrons. The largest absolute Gasteiger partial charge is 0.469 e. The standard InChI is InChI=1S/C14H15BrFNO/c1-2-17-14(9-11-4-3-7-18-11)12-6-5-10(15)8-13(12)16/h3-8,14,17H,2,9H2,1H3. The minimum Gasteiger partial charge on any atom is -0.469 e. The van der Waals surface area contributed by atoms with Gasteiger partial charge in [0.25, 0.3) is 0 Å². The van der Waals surface area contributed by atoms with Crippen molar-refractivity contribution in [2.75, 3.05) is 6.54 Å². The number of hydrogen-bond donors (Lipinski definition) is 1. The maximum absolute atomic E-state index is 14.0. The molecule has 0 radical (unpaired) electrons. The van der Waals surface area contributed by atoms with Crippen LogP contribution in [0.4, 0.5) is 4.39 Å². The molecule has 2 nitrogen and oxygen atoms in total. The fourth-order valence-corrected chi connectivity index (χ4v) is 2.29. The molecule has 0 aliphatic rings. The van der Waals surface area contributed by atoms with Gasteiger partial charge in [0, 0.05) is 22.5 Å². The lowest BCUT2D eigenvalue weighted by Gasteiger charge is -2.18. The Labute approximate surface area is 114 Å². The van der Waals surface area contributed by atoms with Crippen LogP contribution in [0.25, 0.3) is 0 Å². The van der Waals surface area contributed by atoms with Gasteiger partial charge in [-0.15, -0.1) is 0 Å². The van der Waals surface area contributed by atoms with E-state index in [0.29, 0.717) is 12.0 Å². The Bertz CT molecular complexity index is 499. The van der Waals surface area contributed by atoms with Crippen LogP contribution in [0, 0.1) is 5.82 Å². The van der Waals surface area contributed by atoms with Crippen molar-refractivity contribution in [3.63, 3.8) is 0 Å². The van der Waals surface area contributed by atoms with Gasteiger partial charge in [-0.05, 0) is 30.8 Å². The summed E-state index contributed by atoms with van der Waals surface area (Å²) >= 11 is 3.27. The Morgan fingerprint density at radius 2 is 2.22 bits per heavy atom. The van der Waals surface area contributed by atoms with Gasteiger partial charge in [0.15, 0.2) is 0 Å². The molecule has 0 saturated heterocycles. The number of halogens is 2. The van der Waals surface area contributed by atoms with Gasteiger partial charge in [0.05, 0.1) is 6.26 Å². The molecule has 1 unspecified atom stereocenters. The van der Waals surface area contributed by atoms with Crippen molar-refractivity contribution >= 4 is 15.9 Å². The quantitative estimate of drug-likeness (QED) is 0.900. The molecule has 0 aliphatic heterocycles. The van der Waals surface area contributed by atoms with Crippen LogP contribution in [-0.4, -0.2) is 6.54 Å².